The average Bonchev–Trinajstić information content (AvgIpc) is 3.15. The Morgan fingerprint density at radius 3 is 2.66 bits per heavy atom. The fraction of sp³-hybridized carbons (Fsp3) is 0.100. The Balaban J connectivity index is 1.74. The van der Waals surface area contributed by atoms with Crippen molar-refractivity contribution < 1.29 is 12.8 Å². The molecule has 0 aliphatic rings. The number of aromatic nitrogens is 3. The van der Waals surface area contributed by atoms with E-state index in [9.17, 15) is 12.8 Å². The van der Waals surface area contributed by atoms with Crippen LogP contribution in [-0.4, -0.2) is 29.0 Å². The molecular weight excluding hydrogens is 393 g/mol. The molecule has 29 heavy (non-hydrogen) atoms. The minimum atomic E-state index is -3.40. The largest absolute Gasteiger partial charge is 0.337 e. The number of rotatable bonds is 5. The van der Waals surface area contributed by atoms with Crippen molar-refractivity contribution in [3.8, 4) is 11.3 Å². The molecule has 4 rings (SSSR count). The molecule has 0 radical (unpaired) electrons. The highest BCUT2D eigenvalue weighted by Crippen LogP contribution is 2.28. The normalized spacial score (nSPS) is 11.6. The van der Waals surface area contributed by atoms with E-state index in [-0.39, 0.29) is 5.82 Å². The van der Waals surface area contributed by atoms with Crippen LogP contribution < -0.4 is 10.0 Å². The first-order valence-electron chi connectivity index (χ1n) is 8.74. The predicted molar refractivity (Wildman–Crippen MR) is 111 cm³/mol. The molecule has 0 unspecified atom stereocenters. The molecule has 0 aliphatic heterocycles. The lowest BCUT2D eigenvalue weighted by Crippen LogP contribution is -2.11. The minimum Gasteiger partial charge on any atom is -0.337 e. The Hall–Kier alpha value is -3.46. The highest BCUT2D eigenvalue weighted by atomic mass is 32.2. The number of hydrogen-bond acceptors (Lipinski definition) is 5. The van der Waals surface area contributed by atoms with Crippen molar-refractivity contribution in [2.24, 2.45) is 0 Å². The summed E-state index contributed by atoms with van der Waals surface area (Å²) in [4.78, 5) is 8.75. The van der Waals surface area contributed by atoms with E-state index < -0.39 is 10.0 Å². The molecule has 9 heteroatoms. The summed E-state index contributed by atoms with van der Waals surface area (Å²) in [6.07, 6.45) is 6.01. The molecule has 0 amide bonds. The maximum Gasteiger partial charge on any atom is 0.229 e. The summed E-state index contributed by atoms with van der Waals surface area (Å²) >= 11 is 0. The van der Waals surface area contributed by atoms with Crippen LogP contribution in [0.15, 0.2) is 61.1 Å². The molecular formula is C20H18FN5O2S. The standard InChI is InChI=1S/C20H18FN5O2S/c1-13-7-8-14(11-17(13)25-29(2,27)28)24-19-20-22-9-10-26(20)18(12-23-19)15-5-3-4-6-16(15)21/h3-12,25H,1-2H3,(H,23,24). The van der Waals surface area contributed by atoms with E-state index >= 15 is 0 Å². The lowest BCUT2D eigenvalue weighted by molar-refractivity contribution is 0.606. The molecule has 148 valence electrons. The Morgan fingerprint density at radius 2 is 1.90 bits per heavy atom. The van der Waals surface area contributed by atoms with Crippen molar-refractivity contribution in [1.82, 2.24) is 14.4 Å². The van der Waals surface area contributed by atoms with E-state index in [1.807, 2.05) is 13.0 Å². The van der Waals surface area contributed by atoms with Gasteiger partial charge in [0, 0.05) is 23.6 Å². The SMILES string of the molecule is Cc1ccc(Nc2ncc(-c3ccccc3F)n3ccnc23)cc1NS(C)(=O)=O. The van der Waals surface area contributed by atoms with Crippen LogP contribution in [0.3, 0.4) is 0 Å². The van der Waals surface area contributed by atoms with Gasteiger partial charge in [-0.3, -0.25) is 9.12 Å². The number of anilines is 3. The van der Waals surface area contributed by atoms with Crippen molar-refractivity contribution in [1.29, 1.82) is 0 Å². The van der Waals surface area contributed by atoms with Gasteiger partial charge in [-0.1, -0.05) is 18.2 Å². The van der Waals surface area contributed by atoms with Gasteiger partial charge in [0.1, 0.15) is 5.82 Å². The van der Waals surface area contributed by atoms with Crippen molar-refractivity contribution in [2.75, 3.05) is 16.3 Å². The van der Waals surface area contributed by atoms with Crippen molar-refractivity contribution >= 4 is 32.9 Å². The summed E-state index contributed by atoms with van der Waals surface area (Å²) < 4.78 is 41.6. The summed E-state index contributed by atoms with van der Waals surface area (Å²) in [7, 11) is -3.40. The van der Waals surface area contributed by atoms with Gasteiger partial charge in [-0.05, 0) is 36.8 Å². The van der Waals surface area contributed by atoms with Gasteiger partial charge in [-0.15, -0.1) is 0 Å². The van der Waals surface area contributed by atoms with Crippen molar-refractivity contribution in [3.63, 3.8) is 0 Å². The molecule has 0 saturated heterocycles. The molecule has 2 aromatic heterocycles. The molecule has 0 bridgehead atoms. The summed E-state index contributed by atoms with van der Waals surface area (Å²) in [5, 5.41) is 3.16. The second kappa shape index (κ2) is 7.17. The molecule has 0 atom stereocenters. The summed E-state index contributed by atoms with van der Waals surface area (Å²) in [5.74, 6) is 0.115. The third kappa shape index (κ3) is 3.90. The lowest BCUT2D eigenvalue weighted by Gasteiger charge is -2.13. The van der Waals surface area contributed by atoms with Gasteiger partial charge >= 0.3 is 0 Å². The van der Waals surface area contributed by atoms with Crippen molar-refractivity contribution in [2.45, 2.75) is 6.92 Å². The van der Waals surface area contributed by atoms with E-state index in [1.54, 1.807) is 53.3 Å². The monoisotopic (exact) mass is 411 g/mol. The van der Waals surface area contributed by atoms with Gasteiger partial charge in [0.15, 0.2) is 11.5 Å². The molecule has 0 spiro atoms. The quantitative estimate of drug-likeness (QED) is 0.519. The zero-order valence-corrected chi connectivity index (χ0v) is 16.5. The molecule has 2 aromatic carbocycles. The maximum atomic E-state index is 14.2. The number of halogens is 1. The van der Waals surface area contributed by atoms with Crippen LogP contribution in [-0.2, 0) is 10.0 Å². The zero-order chi connectivity index (χ0) is 20.6. The second-order valence-electron chi connectivity index (χ2n) is 6.62. The van der Waals surface area contributed by atoms with E-state index in [1.165, 1.54) is 6.07 Å². The Kier molecular flexibility index (Phi) is 4.67. The topological polar surface area (TPSA) is 88.4 Å². The fourth-order valence-corrected chi connectivity index (χ4v) is 3.64. The van der Waals surface area contributed by atoms with Gasteiger partial charge in [0.05, 0.1) is 23.8 Å². The minimum absolute atomic E-state index is 0.347. The van der Waals surface area contributed by atoms with Gasteiger partial charge < -0.3 is 5.32 Å². The molecule has 2 heterocycles. The Labute approximate surface area is 167 Å². The lowest BCUT2D eigenvalue weighted by atomic mass is 10.1. The Bertz CT molecular complexity index is 1320. The van der Waals surface area contributed by atoms with Crippen LogP contribution in [0.2, 0.25) is 0 Å². The van der Waals surface area contributed by atoms with Crippen molar-refractivity contribution in [3.05, 3.63) is 72.4 Å². The summed E-state index contributed by atoms with van der Waals surface area (Å²) in [6, 6.07) is 11.8. The van der Waals surface area contributed by atoms with E-state index in [2.05, 4.69) is 20.0 Å². The number of benzene rings is 2. The zero-order valence-electron chi connectivity index (χ0n) is 15.7. The van der Waals surface area contributed by atoms with Gasteiger partial charge in [-0.2, -0.15) is 0 Å². The number of sulfonamides is 1. The van der Waals surface area contributed by atoms with Gasteiger partial charge in [0.2, 0.25) is 10.0 Å². The third-order valence-electron chi connectivity index (χ3n) is 4.37. The van der Waals surface area contributed by atoms with E-state index in [0.29, 0.717) is 34.1 Å². The number of imidazole rings is 1. The molecule has 2 N–H and O–H groups in total. The number of hydrogen-bond donors (Lipinski definition) is 2. The first-order valence-corrected chi connectivity index (χ1v) is 10.6. The van der Waals surface area contributed by atoms with Crippen LogP contribution in [0, 0.1) is 12.7 Å². The van der Waals surface area contributed by atoms with Gasteiger partial charge in [-0.25, -0.2) is 22.8 Å². The molecule has 0 saturated carbocycles. The first-order chi connectivity index (χ1) is 13.8. The average molecular weight is 411 g/mol. The highest BCUT2D eigenvalue weighted by molar-refractivity contribution is 7.92. The number of nitrogens with one attached hydrogen (secondary N) is 2. The molecule has 7 nitrogen and oxygen atoms in total. The van der Waals surface area contributed by atoms with Crippen LogP contribution in [0.25, 0.3) is 16.9 Å². The number of aryl methyl sites for hydroxylation is 1. The predicted octanol–water partition coefficient (Wildman–Crippen LogP) is 3.96. The fourth-order valence-electron chi connectivity index (χ4n) is 3.02. The second-order valence-corrected chi connectivity index (χ2v) is 8.37. The highest BCUT2D eigenvalue weighted by Gasteiger charge is 2.14. The van der Waals surface area contributed by atoms with Crippen LogP contribution in [0.1, 0.15) is 5.56 Å². The van der Waals surface area contributed by atoms with E-state index in [4.69, 9.17) is 0 Å². The van der Waals surface area contributed by atoms with Crippen LogP contribution >= 0.6 is 0 Å². The third-order valence-corrected chi connectivity index (χ3v) is 4.96. The van der Waals surface area contributed by atoms with Gasteiger partial charge in [0.25, 0.3) is 0 Å². The summed E-state index contributed by atoms with van der Waals surface area (Å²) in [6.45, 7) is 1.81. The number of nitrogens with zero attached hydrogens (tertiary/aromatic N) is 3. The molecule has 4 aromatic rings. The van der Waals surface area contributed by atoms with Crippen LogP contribution in [0.4, 0.5) is 21.6 Å². The Morgan fingerprint density at radius 1 is 1.10 bits per heavy atom. The number of fused-ring (bicyclic) bond motifs is 1. The molecule has 0 aliphatic carbocycles. The van der Waals surface area contributed by atoms with E-state index in [0.717, 1.165) is 11.8 Å². The molecule has 0 fully saturated rings. The van der Waals surface area contributed by atoms with Crippen LogP contribution in [0.5, 0.6) is 0 Å². The first kappa shape index (κ1) is 18.9. The summed E-state index contributed by atoms with van der Waals surface area (Å²) in [5.41, 5.74) is 3.41. The smallest absolute Gasteiger partial charge is 0.229 e. The maximum absolute atomic E-state index is 14.2.